The van der Waals surface area contributed by atoms with Crippen LogP contribution in [0.3, 0.4) is 0 Å². The number of aromatic amines is 1. The molecule has 150 valence electrons. The Morgan fingerprint density at radius 3 is 2.55 bits per heavy atom. The fraction of sp³-hybridized carbons (Fsp3) is 0. The molecule has 5 nitrogen and oxygen atoms in total. The molecule has 0 spiro atoms. The number of aromatic nitrogens is 2. The maximum absolute atomic E-state index is 13.0. The van der Waals surface area contributed by atoms with Crippen LogP contribution in [0, 0.1) is 0 Å². The van der Waals surface area contributed by atoms with E-state index in [-0.39, 0.29) is 5.91 Å². The molecule has 0 saturated heterocycles. The summed E-state index contributed by atoms with van der Waals surface area (Å²) in [5.74, 6) is -0.301. The molecule has 2 heterocycles. The molecule has 5 rings (SSSR count). The summed E-state index contributed by atoms with van der Waals surface area (Å²) in [6.07, 6.45) is 3.50. The molecule has 0 fully saturated rings. The number of nitrogens with zero attached hydrogens (tertiary/aromatic N) is 2. The van der Waals surface area contributed by atoms with Crippen molar-refractivity contribution in [3.63, 3.8) is 0 Å². The van der Waals surface area contributed by atoms with Crippen molar-refractivity contribution in [3.05, 3.63) is 101 Å². The van der Waals surface area contributed by atoms with Crippen LogP contribution in [0.1, 0.15) is 15.9 Å². The molecule has 0 radical (unpaired) electrons. The zero-order chi connectivity index (χ0) is 21.2. The van der Waals surface area contributed by atoms with Gasteiger partial charge in [-0.2, -0.15) is 5.10 Å². The Kier molecular flexibility index (Phi) is 4.94. The lowest BCUT2D eigenvalue weighted by atomic mass is 10.0. The average molecular weight is 425 g/mol. The van der Waals surface area contributed by atoms with Crippen molar-refractivity contribution in [1.82, 2.24) is 15.4 Å². The lowest BCUT2D eigenvalue weighted by molar-refractivity contribution is 0.0956. The topological polar surface area (TPSA) is 70.1 Å². The second-order valence-electron chi connectivity index (χ2n) is 7.07. The summed E-state index contributed by atoms with van der Waals surface area (Å²) >= 11 is 6.01. The standard InChI is InChI=1S/C25H17ClN4O/c26-18-11-9-16(10-12-18)24-13-21(20-6-2-4-8-23(20)29-24)25(31)30-28-15-17-14-27-22-7-3-1-5-19(17)22/h1-15,27H,(H,30,31). The predicted molar refractivity (Wildman–Crippen MR) is 126 cm³/mol. The van der Waals surface area contributed by atoms with Gasteiger partial charge in [0.05, 0.1) is 23.0 Å². The zero-order valence-corrected chi connectivity index (χ0v) is 17.1. The molecule has 0 aliphatic rings. The number of carbonyl (C=O) groups excluding carboxylic acids is 1. The summed E-state index contributed by atoms with van der Waals surface area (Å²) in [7, 11) is 0. The van der Waals surface area contributed by atoms with Crippen molar-refractivity contribution >= 4 is 45.5 Å². The van der Waals surface area contributed by atoms with Gasteiger partial charge in [-0.25, -0.2) is 10.4 Å². The molecule has 6 heteroatoms. The number of benzene rings is 3. The molecule has 0 atom stereocenters. The quantitative estimate of drug-likeness (QED) is 0.282. The van der Waals surface area contributed by atoms with Gasteiger partial charge < -0.3 is 4.98 Å². The van der Waals surface area contributed by atoms with E-state index in [2.05, 4.69) is 15.5 Å². The van der Waals surface area contributed by atoms with E-state index in [0.717, 1.165) is 32.9 Å². The van der Waals surface area contributed by atoms with E-state index in [4.69, 9.17) is 16.6 Å². The number of hydrazone groups is 1. The monoisotopic (exact) mass is 424 g/mol. The Labute approximate surface area is 183 Å². The molecule has 31 heavy (non-hydrogen) atoms. The van der Waals surface area contributed by atoms with Gasteiger partial charge in [-0.05, 0) is 30.3 Å². The van der Waals surface area contributed by atoms with Crippen molar-refractivity contribution in [2.45, 2.75) is 0 Å². The zero-order valence-electron chi connectivity index (χ0n) is 16.3. The maximum atomic E-state index is 13.0. The third-order valence-electron chi connectivity index (χ3n) is 5.09. The van der Waals surface area contributed by atoms with Gasteiger partial charge in [0.25, 0.3) is 5.91 Å². The van der Waals surface area contributed by atoms with Gasteiger partial charge in [-0.15, -0.1) is 0 Å². The van der Waals surface area contributed by atoms with E-state index >= 15 is 0 Å². The largest absolute Gasteiger partial charge is 0.361 e. The highest BCUT2D eigenvalue weighted by molar-refractivity contribution is 6.30. The first kappa shape index (κ1) is 19.0. The Hall–Kier alpha value is -3.96. The summed E-state index contributed by atoms with van der Waals surface area (Å²) < 4.78 is 0. The summed E-state index contributed by atoms with van der Waals surface area (Å²) in [5.41, 5.74) is 7.39. The Morgan fingerprint density at radius 1 is 0.968 bits per heavy atom. The summed E-state index contributed by atoms with van der Waals surface area (Å²) in [5, 5.41) is 6.63. The van der Waals surface area contributed by atoms with Crippen molar-refractivity contribution in [2.75, 3.05) is 0 Å². The van der Waals surface area contributed by atoms with Crippen LogP contribution in [0.15, 0.2) is 90.2 Å². The van der Waals surface area contributed by atoms with Crippen molar-refractivity contribution in [2.24, 2.45) is 5.10 Å². The van der Waals surface area contributed by atoms with Gasteiger partial charge in [0.15, 0.2) is 0 Å². The van der Waals surface area contributed by atoms with Crippen molar-refractivity contribution in [1.29, 1.82) is 0 Å². The number of para-hydroxylation sites is 2. The van der Waals surface area contributed by atoms with Crippen LogP contribution in [-0.4, -0.2) is 22.1 Å². The van der Waals surface area contributed by atoms with Crippen molar-refractivity contribution < 1.29 is 4.79 Å². The van der Waals surface area contributed by atoms with E-state index in [9.17, 15) is 4.79 Å². The van der Waals surface area contributed by atoms with E-state index in [1.54, 1.807) is 24.4 Å². The highest BCUT2D eigenvalue weighted by Gasteiger charge is 2.13. The normalized spacial score (nSPS) is 11.4. The number of pyridine rings is 1. The van der Waals surface area contributed by atoms with Gasteiger partial charge in [0, 0.05) is 38.6 Å². The molecular formula is C25H17ClN4O. The molecule has 2 N–H and O–H groups in total. The number of fused-ring (bicyclic) bond motifs is 2. The fourth-order valence-corrected chi connectivity index (χ4v) is 3.68. The molecule has 1 amide bonds. The van der Waals surface area contributed by atoms with Crippen LogP contribution in [-0.2, 0) is 0 Å². The van der Waals surface area contributed by atoms with Crippen LogP contribution < -0.4 is 5.43 Å². The average Bonchev–Trinajstić information content (AvgIpc) is 3.22. The molecular weight excluding hydrogens is 408 g/mol. The van der Waals surface area contributed by atoms with Crippen LogP contribution in [0.4, 0.5) is 0 Å². The van der Waals surface area contributed by atoms with Gasteiger partial charge >= 0.3 is 0 Å². The first-order valence-corrected chi connectivity index (χ1v) is 10.1. The second-order valence-corrected chi connectivity index (χ2v) is 7.50. The minimum Gasteiger partial charge on any atom is -0.361 e. The SMILES string of the molecule is O=C(NN=Cc1c[nH]c2ccccc12)c1cc(-c2ccc(Cl)cc2)nc2ccccc12. The van der Waals surface area contributed by atoms with Crippen molar-refractivity contribution in [3.8, 4) is 11.3 Å². The van der Waals surface area contributed by atoms with Gasteiger partial charge in [-0.1, -0.05) is 60.1 Å². The molecule has 3 aromatic carbocycles. The number of carbonyl (C=O) groups is 1. The molecule has 2 aromatic heterocycles. The number of rotatable bonds is 4. The smallest absolute Gasteiger partial charge is 0.272 e. The molecule has 0 aliphatic carbocycles. The second kappa shape index (κ2) is 8.05. The number of hydrogen-bond donors (Lipinski definition) is 2. The van der Waals surface area contributed by atoms with Crippen LogP contribution in [0.25, 0.3) is 33.1 Å². The third-order valence-corrected chi connectivity index (χ3v) is 5.34. The van der Waals surface area contributed by atoms with Gasteiger partial charge in [0.1, 0.15) is 0 Å². The van der Waals surface area contributed by atoms with Gasteiger partial charge in [-0.3, -0.25) is 4.79 Å². The molecule has 0 aliphatic heterocycles. The summed E-state index contributed by atoms with van der Waals surface area (Å²) in [6.45, 7) is 0. The summed E-state index contributed by atoms with van der Waals surface area (Å²) in [6, 6.07) is 24.6. The number of H-pyrrole nitrogens is 1. The first-order valence-electron chi connectivity index (χ1n) is 9.74. The Morgan fingerprint density at radius 2 is 1.71 bits per heavy atom. The lowest BCUT2D eigenvalue weighted by Crippen LogP contribution is -2.18. The van der Waals surface area contributed by atoms with Crippen LogP contribution in [0.2, 0.25) is 5.02 Å². The fourth-order valence-electron chi connectivity index (χ4n) is 3.55. The summed E-state index contributed by atoms with van der Waals surface area (Å²) in [4.78, 5) is 20.9. The van der Waals surface area contributed by atoms with Gasteiger partial charge in [0.2, 0.25) is 0 Å². The highest BCUT2D eigenvalue weighted by Crippen LogP contribution is 2.26. The maximum Gasteiger partial charge on any atom is 0.272 e. The van der Waals surface area contributed by atoms with E-state index in [1.165, 1.54) is 0 Å². The number of amides is 1. The van der Waals surface area contributed by atoms with Crippen LogP contribution in [0.5, 0.6) is 0 Å². The van der Waals surface area contributed by atoms with E-state index < -0.39 is 0 Å². The minimum atomic E-state index is -0.301. The molecule has 5 aromatic rings. The van der Waals surface area contributed by atoms with E-state index in [0.29, 0.717) is 16.3 Å². The number of nitrogens with one attached hydrogen (secondary N) is 2. The van der Waals surface area contributed by atoms with Crippen LogP contribution >= 0.6 is 11.6 Å². The Balaban J connectivity index is 1.48. The molecule has 0 saturated carbocycles. The third kappa shape index (κ3) is 3.79. The molecule has 0 bridgehead atoms. The predicted octanol–water partition coefficient (Wildman–Crippen LogP) is 5.80. The first-order chi connectivity index (χ1) is 15.2. The highest BCUT2D eigenvalue weighted by atomic mass is 35.5. The number of hydrogen-bond acceptors (Lipinski definition) is 3. The molecule has 0 unspecified atom stereocenters. The lowest BCUT2D eigenvalue weighted by Gasteiger charge is -2.09. The number of halogens is 1. The Bertz CT molecular complexity index is 1440. The minimum absolute atomic E-state index is 0.301. The van der Waals surface area contributed by atoms with E-state index in [1.807, 2.05) is 66.9 Å².